The van der Waals surface area contributed by atoms with Crippen LogP contribution in [0.25, 0.3) is 0 Å². The van der Waals surface area contributed by atoms with Crippen molar-refractivity contribution >= 4 is 5.97 Å². The molecule has 5 nitrogen and oxygen atoms in total. The number of carbonyl (C=O) groups is 1. The van der Waals surface area contributed by atoms with E-state index in [0.717, 1.165) is 0 Å². The Balaban J connectivity index is 4.30. The number of aliphatic hydroxyl groups excluding tert-OH is 2. The molecule has 0 bridgehead atoms. The van der Waals surface area contributed by atoms with Gasteiger partial charge in [0, 0.05) is 6.54 Å². The van der Waals surface area contributed by atoms with Gasteiger partial charge in [-0.2, -0.15) is 0 Å². The summed E-state index contributed by atoms with van der Waals surface area (Å²) < 4.78 is 4.88. The molecule has 0 amide bonds. The molecule has 0 aromatic rings. The fourth-order valence-corrected chi connectivity index (χ4v) is 0.798. The predicted octanol–water partition coefficient (Wildman–Crippen LogP) is -0.742. The minimum absolute atomic E-state index is 0.186. The molecule has 84 valence electrons. The van der Waals surface area contributed by atoms with Crippen LogP contribution in [0.4, 0.5) is 0 Å². The molecular weight excluding hydrogens is 186 g/mol. The van der Waals surface area contributed by atoms with Crippen LogP contribution in [0.15, 0.2) is 0 Å². The van der Waals surface area contributed by atoms with E-state index in [-0.39, 0.29) is 19.8 Å². The van der Waals surface area contributed by atoms with Crippen molar-refractivity contribution in [2.75, 3.05) is 19.8 Å². The summed E-state index contributed by atoms with van der Waals surface area (Å²) in [6.45, 7) is 2.95. The molecule has 1 atom stereocenters. The molecule has 0 saturated heterocycles. The maximum atomic E-state index is 11.5. The van der Waals surface area contributed by atoms with Gasteiger partial charge in [0.05, 0.1) is 18.6 Å². The van der Waals surface area contributed by atoms with Crippen LogP contribution in [0.2, 0.25) is 0 Å². The summed E-state index contributed by atoms with van der Waals surface area (Å²) in [6, 6.07) is 0. The molecule has 0 aliphatic carbocycles. The van der Waals surface area contributed by atoms with Crippen LogP contribution in [0.5, 0.6) is 0 Å². The number of aliphatic hydroxyl groups is 2. The molecule has 0 fully saturated rings. The van der Waals surface area contributed by atoms with Gasteiger partial charge in [-0.25, -0.2) is 0 Å². The summed E-state index contributed by atoms with van der Waals surface area (Å²) in [4.78, 5) is 11.5. The SMILES string of the molecule is CCC(C)(CN)C(=O)OC(CO)CO. The summed E-state index contributed by atoms with van der Waals surface area (Å²) in [5, 5.41) is 17.4. The van der Waals surface area contributed by atoms with Crippen LogP contribution in [-0.2, 0) is 9.53 Å². The van der Waals surface area contributed by atoms with Gasteiger partial charge in [-0.1, -0.05) is 6.92 Å². The third-order valence-electron chi connectivity index (χ3n) is 2.40. The Morgan fingerprint density at radius 2 is 2.00 bits per heavy atom. The summed E-state index contributed by atoms with van der Waals surface area (Å²) >= 11 is 0. The highest BCUT2D eigenvalue weighted by atomic mass is 16.6. The van der Waals surface area contributed by atoms with Crippen molar-refractivity contribution in [2.45, 2.75) is 26.4 Å². The molecule has 0 radical (unpaired) electrons. The molecule has 0 rings (SSSR count). The number of esters is 1. The van der Waals surface area contributed by atoms with Gasteiger partial charge in [0.2, 0.25) is 0 Å². The average molecular weight is 205 g/mol. The van der Waals surface area contributed by atoms with Gasteiger partial charge in [0.15, 0.2) is 0 Å². The molecule has 0 saturated carbocycles. The van der Waals surface area contributed by atoms with E-state index in [1.807, 2.05) is 6.92 Å². The van der Waals surface area contributed by atoms with Crippen LogP contribution < -0.4 is 5.73 Å². The molecule has 0 aromatic carbocycles. The summed E-state index contributed by atoms with van der Waals surface area (Å²) in [5.41, 5.74) is 4.72. The summed E-state index contributed by atoms with van der Waals surface area (Å²) in [6.07, 6.45) is -0.286. The van der Waals surface area contributed by atoms with E-state index in [1.54, 1.807) is 6.92 Å². The monoisotopic (exact) mass is 205 g/mol. The highest BCUT2D eigenvalue weighted by Gasteiger charge is 2.32. The van der Waals surface area contributed by atoms with Gasteiger partial charge in [-0.05, 0) is 13.3 Å². The Morgan fingerprint density at radius 1 is 1.50 bits per heavy atom. The van der Waals surface area contributed by atoms with E-state index in [9.17, 15) is 4.79 Å². The lowest BCUT2D eigenvalue weighted by atomic mass is 9.88. The number of carbonyl (C=O) groups excluding carboxylic acids is 1. The summed E-state index contributed by atoms with van der Waals surface area (Å²) in [5.74, 6) is -0.476. The maximum absolute atomic E-state index is 11.5. The zero-order valence-electron chi connectivity index (χ0n) is 8.69. The van der Waals surface area contributed by atoms with Crippen LogP contribution in [0, 0.1) is 5.41 Å². The number of rotatable bonds is 6. The van der Waals surface area contributed by atoms with Crippen LogP contribution in [0.3, 0.4) is 0 Å². The van der Waals surface area contributed by atoms with Crippen molar-refractivity contribution in [1.29, 1.82) is 0 Å². The Bertz CT molecular complexity index is 176. The van der Waals surface area contributed by atoms with Gasteiger partial charge < -0.3 is 20.7 Å². The van der Waals surface area contributed by atoms with Crippen LogP contribution in [-0.4, -0.2) is 42.0 Å². The number of hydrogen-bond donors (Lipinski definition) is 3. The highest BCUT2D eigenvalue weighted by molar-refractivity contribution is 5.76. The largest absolute Gasteiger partial charge is 0.457 e. The first kappa shape index (κ1) is 13.4. The molecule has 5 heteroatoms. The molecule has 0 heterocycles. The average Bonchev–Trinajstić information content (AvgIpc) is 2.24. The van der Waals surface area contributed by atoms with Crippen molar-refractivity contribution in [3.63, 3.8) is 0 Å². The lowest BCUT2D eigenvalue weighted by Gasteiger charge is -2.26. The first-order valence-electron chi connectivity index (χ1n) is 4.67. The normalized spacial score (nSPS) is 15.3. The van der Waals surface area contributed by atoms with Gasteiger partial charge in [-0.3, -0.25) is 4.79 Å². The number of nitrogens with two attached hydrogens (primary N) is 1. The first-order valence-corrected chi connectivity index (χ1v) is 4.67. The third kappa shape index (κ3) is 3.25. The van der Waals surface area contributed by atoms with E-state index in [0.29, 0.717) is 6.42 Å². The van der Waals surface area contributed by atoms with Crippen molar-refractivity contribution in [2.24, 2.45) is 11.1 Å². The van der Waals surface area contributed by atoms with Crippen LogP contribution in [0.1, 0.15) is 20.3 Å². The lowest BCUT2D eigenvalue weighted by Crippen LogP contribution is -2.40. The Hall–Kier alpha value is -0.650. The molecule has 4 N–H and O–H groups in total. The van der Waals surface area contributed by atoms with Crippen LogP contribution >= 0.6 is 0 Å². The molecule has 14 heavy (non-hydrogen) atoms. The van der Waals surface area contributed by atoms with Gasteiger partial charge in [-0.15, -0.1) is 0 Å². The Labute approximate surface area is 83.9 Å². The Morgan fingerprint density at radius 3 is 2.29 bits per heavy atom. The van der Waals surface area contributed by atoms with Crippen molar-refractivity contribution in [1.82, 2.24) is 0 Å². The van der Waals surface area contributed by atoms with E-state index >= 15 is 0 Å². The lowest BCUT2D eigenvalue weighted by molar-refractivity contribution is -0.164. The van der Waals surface area contributed by atoms with E-state index in [2.05, 4.69) is 0 Å². The summed E-state index contributed by atoms with van der Waals surface area (Å²) in [7, 11) is 0. The second-order valence-corrected chi connectivity index (χ2v) is 3.51. The minimum Gasteiger partial charge on any atom is -0.457 e. The molecule has 0 aliphatic rings. The fourth-order valence-electron chi connectivity index (χ4n) is 0.798. The first-order chi connectivity index (χ1) is 6.53. The topological polar surface area (TPSA) is 92.8 Å². The maximum Gasteiger partial charge on any atom is 0.313 e. The quantitative estimate of drug-likeness (QED) is 0.496. The highest BCUT2D eigenvalue weighted by Crippen LogP contribution is 2.21. The molecule has 0 aliphatic heterocycles. The zero-order valence-corrected chi connectivity index (χ0v) is 8.69. The third-order valence-corrected chi connectivity index (χ3v) is 2.40. The second kappa shape index (κ2) is 5.95. The van der Waals surface area contributed by atoms with Gasteiger partial charge in [0.1, 0.15) is 6.10 Å². The molecule has 0 aromatic heterocycles. The second-order valence-electron chi connectivity index (χ2n) is 3.51. The van der Waals surface area contributed by atoms with Crippen molar-refractivity contribution in [3.8, 4) is 0 Å². The van der Waals surface area contributed by atoms with E-state index in [1.165, 1.54) is 0 Å². The molecular formula is C9H19NO4. The number of hydrogen-bond acceptors (Lipinski definition) is 5. The molecule has 0 spiro atoms. The fraction of sp³-hybridized carbons (Fsp3) is 0.889. The zero-order chi connectivity index (χ0) is 11.2. The van der Waals surface area contributed by atoms with Crippen molar-refractivity contribution in [3.05, 3.63) is 0 Å². The minimum atomic E-state index is -0.847. The van der Waals surface area contributed by atoms with E-state index < -0.39 is 17.5 Å². The number of ether oxygens (including phenoxy) is 1. The standard InChI is InChI=1S/C9H19NO4/c1-3-9(2,6-10)8(13)14-7(4-11)5-12/h7,11-12H,3-6,10H2,1-2H3. The van der Waals surface area contributed by atoms with Gasteiger partial charge in [0.25, 0.3) is 0 Å². The van der Waals surface area contributed by atoms with Gasteiger partial charge >= 0.3 is 5.97 Å². The molecule has 1 unspecified atom stereocenters. The Kier molecular flexibility index (Phi) is 5.68. The smallest absolute Gasteiger partial charge is 0.313 e. The van der Waals surface area contributed by atoms with Crippen molar-refractivity contribution < 1.29 is 19.7 Å². The van der Waals surface area contributed by atoms with E-state index in [4.69, 9.17) is 20.7 Å². The predicted molar refractivity (Wildman–Crippen MR) is 51.5 cm³/mol.